The summed E-state index contributed by atoms with van der Waals surface area (Å²) in [5, 5.41) is 7.39. The smallest absolute Gasteiger partial charge is 0.287 e. The number of rotatable bonds is 2. The van der Waals surface area contributed by atoms with Crippen molar-refractivity contribution in [3.05, 3.63) is 21.6 Å². The molecule has 1 saturated heterocycles. The summed E-state index contributed by atoms with van der Waals surface area (Å²) in [5.74, 6) is 0. The number of nitrogens with one attached hydrogen (secondary N) is 1. The summed E-state index contributed by atoms with van der Waals surface area (Å²) in [4.78, 5) is 11.6. The number of hydrogen-bond acceptors (Lipinski definition) is 4. The molecular weight excluding hydrogens is 242 g/mol. The van der Waals surface area contributed by atoms with Crippen LogP contribution in [0.25, 0.3) is 0 Å². The molecule has 2 atom stereocenters. The normalized spacial score (nSPS) is 28.4. The lowest BCUT2D eigenvalue weighted by Gasteiger charge is -2.30. The van der Waals surface area contributed by atoms with Crippen LogP contribution in [0.4, 0.5) is 5.69 Å². The van der Waals surface area contributed by atoms with Crippen LogP contribution in [0.5, 0.6) is 0 Å². The highest BCUT2D eigenvalue weighted by Gasteiger charge is 2.37. The van der Waals surface area contributed by atoms with E-state index < -0.39 is 0 Å². The summed E-state index contributed by atoms with van der Waals surface area (Å²) < 4.78 is 6.74. The number of ether oxygens (including phenoxy) is 1. The third-order valence-electron chi connectivity index (χ3n) is 3.38. The maximum absolute atomic E-state index is 11.6. The Morgan fingerprint density at radius 1 is 1.71 bits per heavy atom. The standard InChI is InChI=1S/C11H16ClN3O2/c1-7-11(2,4-5-17-7)14-8-6-13-15(3)10(16)9(8)12/h6-7,14H,4-5H2,1-3H3. The molecule has 94 valence electrons. The fourth-order valence-corrected chi connectivity index (χ4v) is 2.12. The van der Waals surface area contributed by atoms with Gasteiger partial charge in [0.15, 0.2) is 0 Å². The van der Waals surface area contributed by atoms with Crippen LogP contribution < -0.4 is 10.9 Å². The maximum atomic E-state index is 11.6. The summed E-state index contributed by atoms with van der Waals surface area (Å²) in [7, 11) is 1.57. The molecule has 1 fully saturated rings. The van der Waals surface area contributed by atoms with Crippen LogP contribution in [-0.2, 0) is 11.8 Å². The first kappa shape index (κ1) is 12.4. The van der Waals surface area contributed by atoms with Crippen LogP contribution >= 0.6 is 11.6 Å². The van der Waals surface area contributed by atoms with Crippen molar-refractivity contribution < 1.29 is 4.74 Å². The average molecular weight is 258 g/mol. The van der Waals surface area contributed by atoms with Crippen LogP contribution in [0.2, 0.25) is 5.02 Å². The van der Waals surface area contributed by atoms with E-state index in [1.54, 1.807) is 13.2 Å². The van der Waals surface area contributed by atoms with Gasteiger partial charge in [-0.2, -0.15) is 5.10 Å². The number of aromatic nitrogens is 2. The number of anilines is 1. The van der Waals surface area contributed by atoms with E-state index in [9.17, 15) is 4.79 Å². The number of hydrogen-bond donors (Lipinski definition) is 1. The predicted octanol–water partition coefficient (Wildman–Crippen LogP) is 1.41. The Kier molecular flexibility index (Phi) is 3.14. The molecule has 1 aromatic rings. The Bertz CT molecular complexity index is 488. The van der Waals surface area contributed by atoms with Gasteiger partial charge in [0, 0.05) is 13.7 Å². The van der Waals surface area contributed by atoms with Gasteiger partial charge in [-0.25, -0.2) is 4.68 Å². The molecule has 0 amide bonds. The Morgan fingerprint density at radius 3 is 3.00 bits per heavy atom. The van der Waals surface area contributed by atoms with Crippen molar-refractivity contribution in [2.24, 2.45) is 7.05 Å². The zero-order chi connectivity index (χ0) is 12.6. The topological polar surface area (TPSA) is 56.1 Å². The Labute approximate surface area is 105 Å². The first-order valence-electron chi connectivity index (χ1n) is 5.55. The average Bonchev–Trinajstić information content (AvgIpc) is 2.61. The summed E-state index contributed by atoms with van der Waals surface area (Å²) in [6.07, 6.45) is 2.52. The monoisotopic (exact) mass is 257 g/mol. The minimum atomic E-state index is -0.299. The van der Waals surface area contributed by atoms with Crippen molar-refractivity contribution in [2.45, 2.75) is 31.9 Å². The third-order valence-corrected chi connectivity index (χ3v) is 3.75. The molecular formula is C11H16ClN3O2. The van der Waals surface area contributed by atoms with E-state index in [-0.39, 0.29) is 22.2 Å². The molecule has 1 aromatic heterocycles. The van der Waals surface area contributed by atoms with Crippen LogP contribution in [0.15, 0.2) is 11.0 Å². The Hall–Kier alpha value is -1.07. The molecule has 1 aliphatic rings. The van der Waals surface area contributed by atoms with Gasteiger partial charge in [-0.15, -0.1) is 0 Å². The second kappa shape index (κ2) is 4.31. The fraction of sp³-hybridized carbons (Fsp3) is 0.636. The van der Waals surface area contributed by atoms with Gasteiger partial charge in [0.25, 0.3) is 5.56 Å². The van der Waals surface area contributed by atoms with Crippen molar-refractivity contribution in [1.82, 2.24) is 9.78 Å². The van der Waals surface area contributed by atoms with Crippen molar-refractivity contribution in [1.29, 1.82) is 0 Å². The van der Waals surface area contributed by atoms with Crippen LogP contribution in [-0.4, -0.2) is 28.0 Å². The van der Waals surface area contributed by atoms with Gasteiger partial charge < -0.3 is 10.1 Å². The largest absolute Gasteiger partial charge is 0.376 e. The molecule has 0 saturated carbocycles. The van der Waals surface area contributed by atoms with Gasteiger partial charge in [-0.1, -0.05) is 11.6 Å². The van der Waals surface area contributed by atoms with Crippen molar-refractivity contribution in [3.63, 3.8) is 0 Å². The van der Waals surface area contributed by atoms with E-state index in [2.05, 4.69) is 17.3 Å². The van der Waals surface area contributed by atoms with Crippen LogP contribution in [0.3, 0.4) is 0 Å². The number of nitrogens with zero attached hydrogens (tertiary/aromatic N) is 2. The molecule has 5 nitrogen and oxygen atoms in total. The molecule has 1 N–H and O–H groups in total. The van der Waals surface area contributed by atoms with Crippen molar-refractivity contribution in [2.75, 3.05) is 11.9 Å². The molecule has 2 rings (SSSR count). The summed E-state index contributed by atoms with van der Waals surface area (Å²) >= 11 is 6.01. The highest BCUT2D eigenvalue weighted by atomic mass is 35.5. The molecule has 0 spiro atoms. The van der Waals surface area contributed by atoms with E-state index >= 15 is 0 Å². The molecule has 0 aliphatic carbocycles. The highest BCUT2D eigenvalue weighted by molar-refractivity contribution is 6.32. The fourth-order valence-electron chi connectivity index (χ4n) is 1.90. The second-order valence-electron chi connectivity index (χ2n) is 4.61. The van der Waals surface area contributed by atoms with Gasteiger partial charge in [0.05, 0.1) is 23.5 Å². The minimum absolute atomic E-state index is 0.0719. The van der Waals surface area contributed by atoms with E-state index in [0.29, 0.717) is 12.3 Å². The molecule has 0 bridgehead atoms. The zero-order valence-corrected chi connectivity index (χ0v) is 10.9. The van der Waals surface area contributed by atoms with Crippen molar-refractivity contribution in [3.8, 4) is 0 Å². The highest BCUT2D eigenvalue weighted by Crippen LogP contribution is 2.30. The quantitative estimate of drug-likeness (QED) is 0.871. The van der Waals surface area contributed by atoms with E-state index in [0.717, 1.165) is 6.42 Å². The third kappa shape index (κ3) is 2.17. The van der Waals surface area contributed by atoms with Gasteiger partial charge in [0.1, 0.15) is 5.02 Å². The first-order chi connectivity index (χ1) is 7.94. The number of halogens is 1. The van der Waals surface area contributed by atoms with Gasteiger partial charge in [0.2, 0.25) is 0 Å². The predicted molar refractivity (Wildman–Crippen MR) is 66.5 cm³/mol. The molecule has 6 heteroatoms. The lowest BCUT2D eigenvalue weighted by molar-refractivity contribution is 0.105. The van der Waals surface area contributed by atoms with E-state index in [4.69, 9.17) is 16.3 Å². The summed E-state index contributed by atoms with van der Waals surface area (Å²) in [6, 6.07) is 0. The molecule has 0 radical (unpaired) electrons. The lowest BCUT2D eigenvalue weighted by Crippen LogP contribution is -2.41. The molecule has 0 aromatic carbocycles. The number of aryl methyl sites for hydroxylation is 1. The van der Waals surface area contributed by atoms with Crippen molar-refractivity contribution >= 4 is 17.3 Å². The van der Waals surface area contributed by atoms with Gasteiger partial charge in [-0.05, 0) is 20.3 Å². The van der Waals surface area contributed by atoms with E-state index in [1.807, 2.05) is 6.92 Å². The van der Waals surface area contributed by atoms with Gasteiger partial charge >= 0.3 is 0 Å². The van der Waals surface area contributed by atoms with Crippen LogP contribution in [0.1, 0.15) is 20.3 Å². The molecule has 1 aliphatic heterocycles. The summed E-state index contributed by atoms with van der Waals surface area (Å²) in [6.45, 7) is 4.77. The Balaban J connectivity index is 2.31. The molecule has 2 heterocycles. The maximum Gasteiger partial charge on any atom is 0.287 e. The molecule has 2 unspecified atom stereocenters. The summed E-state index contributed by atoms with van der Waals surface area (Å²) in [5.41, 5.74) is 0.0546. The lowest BCUT2D eigenvalue weighted by atomic mass is 9.94. The van der Waals surface area contributed by atoms with E-state index in [1.165, 1.54) is 4.68 Å². The van der Waals surface area contributed by atoms with Crippen LogP contribution in [0, 0.1) is 0 Å². The first-order valence-corrected chi connectivity index (χ1v) is 5.93. The zero-order valence-electron chi connectivity index (χ0n) is 10.2. The second-order valence-corrected chi connectivity index (χ2v) is 4.98. The minimum Gasteiger partial charge on any atom is -0.376 e. The Morgan fingerprint density at radius 2 is 2.41 bits per heavy atom. The molecule has 17 heavy (non-hydrogen) atoms. The van der Waals surface area contributed by atoms with Gasteiger partial charge in [-0.3, -0.25) is 4.79 Å². The SMILES string of the molecule is CC1OCCC1(C)Nc1cnn(C)c(=O)c1Cl.